The molecule has 1 heterocycles. The summed E-state index contributed by atoms with van der Waals surface area (Å²) in [6.45, 7) is 5.67. The number of likely N-dealkylation sites (tertiary alicyclic amines) is 1. The van der Waals surface area contributed by atoms with Crippen molar-refractivity contribution in [1.29, 1.82) is 0 Å². The summed E-state index contributed by atoms with van der Waals surface area (Å²) in [5.74, 6) is 6.05. The van der Waals surface area contributed by atoms with Crippen LogP contribution in [0.1, 0.15) is 37.0 Å². The molecule has 0 saturated carbocycles. The monoisotopic (exact) mass is 370 g/mol. The van der Waals surface area contributed by atoms with E-state index < -0.39 is 0 Å². The zero-order valence-corrected chi connectivity index (χ0v) is 16.7. The molecule has 2 rings (SSSR count). The Labute approximate surface area is 162 Å². The molecule has 1 aliphatic heterocycles. The Morgan fingerprint density at radius 2 is 1.89 bits per heavy atom. The summed E-state index contributed by atoms with van der Waals surface area (Å²) in [4.78, 5) is 29.0. The predicted octanol–water partition coefficient (Wildman–Crippen LogP) is 1.47. The second-order valence-electron chi connectivity index (χ2n) is 6.89. The topological polar surface area (TPSA) is 64.7 Å². The molecule has 1 aliphatic rings. The first-order valence-electron chi connectivity index (χ1n) is 9.52. The molecule has 2 amide bonds. The van der Waals surface area contributed by atoms with Gasteiger partial charge in [-0.05, 0) is 37.6 Å². The Bertz CT molecular complexity index is 703. The van der Waals surface area contributed by atoms with Crippen LogP contribution < -0.4 is 15.5 Å². The molecule has 146 valence electrons. The molecule has 2 atom stereocenters. The van der Waals surface area contributed by atoms with Crippen LogP contribution in [-0.4, -0.2) is 62.5 Å². The highest BCUT2D eigenvalue weighted by Crippen LogP contribution is 2.19. The molecule has 1 saturated heterocycles. The number of anilines is 1. The lowest BCUT2D eigenvalue weighted by Gasteiger charge is -2.20. The predicted molar refractivity (Wildman–Crippen MR) is 109 cm³/mol. The van der Waals surface area contributed by atoms with Crippen molar-refractivity contribution in [2.24, 2.45) is 0 Å². The second-order valence-corrected chi connectivity index (χ2v) is 6.89. The van der Waals surface area contributed by atoms with E-state index in [1.807, 2.05) is 62.0 Å². The lowest BCUT2D eigenvalue weighted by molar-refractivity contribution is -0.125. The van der Waals surface area contributed by atoms with E-state index in [9.17, 15) is 9.59 Å². The van der Waals surface area contributed by atoms with Gasteiger partial charge in [-0.3, -0.25) is 14.5 Å². The van der Waals surface area contributed by atoms with Crippen LogP contribution >= 0.6 is 0 Å². The minimum absolute atomic E-state index is 0.00267. The summed E-state index contributed by atoms with van der Waals surface area (Å²) < 4.78 is 0. The molecule has 0 radical (unpaired) electrons. The number of hydrogen-bond acceptors (Lipinski definition) is 4. The summed E-state index contributed by atoms with van der Waals surface area (Å²) >= 11 is 0. The molecular formula is C21H30N4O2. The summed E-state index contributed by atoms with van der Waals surface area (Å²) in [7, 11) is 3.93. The van der Waals surface area contributed by atoms with Crippen LogP contribution in [0, 0.1) is 11.8 Å². The van der Waals surface area contributed by atoms with Crippen molar-refractivity contribution < 1.29 is 9.59 Å². The number of nitrogens with zero attached hydrogens (tertiary/aromatic N) is 2. The van der Waals surface area contributed by atoms with Crippen molar-refractivity contribution in [3.63, 3.8) is 0 Å². The van der Waals surface area contributed by atoms with Crippen molar-refractivity contribution in [3.8, 4) is 11.8 Å². The Hall–Kier alpha value is -2.52. The van der Waals surface area contributed by atoms with Crippen molar-refractivity contribution in [1.82, 2.24) is 15.5 Å². The maximum Gasteiger partial charge on any atom is 0.251 e. The molecule has 2 N–H and O–H groups in total. The third-order valence-electron chi connectivity index (χ3n) is 4.62. The largest absolute Gasteiger partial charge is 0.378 e. The van der Waals surface area contributed by atoms with Gasteiger partial charge in [0.05, 0.1) is 12.6 Å². The summed E-state index contributed by atoms with van der Waals surface area (Å²) in [5.41, 5.74) is 1.67. The number of likely N-dealkylation sites (N-methyl/N-ethyl adjacent to an activating group) is 1. The average Bonchev–Trinajstić information content (AvgIpc) is 3.05. The fourth-order valence-corrected chi connectivity index (χ4v) is 3.21. The third-order valence-corrected chi connectivity index (χ3v) is 4.62. The maximum atomic E-state index is 12.6. The highest BCUT2D eigenvalue weighted by atomic mass is 16.2. The van der Waals surface area contributed by atoms with Gasteiger partial charge in [0.1, 0.15) is 0 Å². The highest BCUT2D eigenvalue weighted by Gasteiger charge is 2.36. The molecule has 0 aromatic heterocycles. The van der Waals surface area contributed by atoms with Crippen LogP contribution in [0.2, 0.25) is 0 Å². The first-order chi connectivity index (χ1) is 13.0. The lowest BCUT2D eigenvalue weighted by Crippen LogP contribution is -2.43. The molecule has 1 aromatic rings. The van der Waals surface area contributed by atoms with Gasteiger partial charge in [-0.1, -0.05) is 12.8 Å². The number of rotatable bonds is 6. The van der Waals surface area contributed by atoms with Gasteiger partial charge in [0.2, 0.25) is 5.91 Å². The van der Waals surface area contributed by atoms with Crippen LogP contribution in [0.5, 0.6) is 0 Å². The van der Waals surface area contributed by atoms with Gasteiger partial charge in [0, 0.05) is 50.9 Å². The van der Waals surface area contributed by atoms with E-state index in [-0.39, 0.29) is 23.9 Å². The number of nitrogens with one attached hydrogen (secondary N) is 2. The second kappa shape index (κ2) is 9.98. The fraction of sp³-hybridized carbons (Fsp3) is 0.524. The van der Waals surface area contributed by atoms with Gasteiger partial charge in [0.15, 0.2) is 0 Å². The van der Waals surface area contributed by atoms with E-state index >= 15 is 0 Å². The van der Waals surface area contributed by atoms with E-state index in [1.165, 1.54) is 0 Å². The van der Waals surface area contributed by atoms with Crippen LogP contribution in [0.3, 0.4) is 0 Å². The number of carbonyl (C=O) groups is 2. The van der Waals surface area contributed by atoms with Crippen molar-refractivity contribution in [3.05, 3.63) is 29.8 Å². The molecule has 27 heavy (non-hydrogen) atoms. The number of benzene rings is 1. The van der Waals surface area contributed by atoms with Crippen molar-refractivity contribution in [2.75, 3.05) is 38.6 Å². The molecule has 1 aromatic carbocycles. The number of carbonyl (C=O) groups excluding carboxylic acids is 2. The van der Waals surface area contributed by atoms with Crippen LogP contribution in [0.25, 0.3) is 0 Å². The van der Waals surface area contributed by atoms with E-state index in [0.717, 1.165) is 12.1 Å². The average molecular weight is 370 g/mol. The molecular weight excluding hydrogens is 340 g/mol. The van der Waals surface area contributed by atoms with E-state index in [2.05, 4.69) is 22.5 Å². The van der Waals surface area contributed by atoms with E-state index in [4.69, 9.17) is 0 Å². The van der Waals surface area contributed by atoms with Crippen molar-refractivity contribution >= 4 is 17.5 Å². The van der Waals surface area contributed by atoms with Crippen LogP contribution in [0.15, 0.2) is 24.3 Å². The molecule has 0 spiro atoms. The Morgan fingerprint density at radius 1 is 1.19 bits per heavy atom. The van der Waals surface area contributed by atoms with E-state index in [0.29, 0.717) is 31.6 Å². The first kappa shape index (κ1) is 20.8. The van der Waals surface area contributed by atoms with Gasteiger partial charge < -0.3 is 15.5 Å². The van der Waals surface area contributed by atoms with Crippen LogP contribution in [0.4, 0.5) is 5.69 Å². The summed E-state index contributed by atoms with van der Waals surface area (Å²) in [6, 6.07) is 7.18. The van der Waals surface area contributed by atoms with Gasteiger partial charge in [-0.2, -0.15) is 0 Å². The molecule has 6 heteroatoms. The zero-order valence-electron chi connectivity index (χ0n) is 16.7. The smallest absolute Gasteiger partial charge is 0.251 e. The summed E-state index contributed by atoms with van der Waals surface area (Å²) in [5, 5.41) is 5.95. The SMILES string of the molecule is CCC#CCN1C[C@@H](NC(=O)c2ccc(N(C)C)cc2)C[C@H]1C(=O)NCC. The number of amides is 2. The van der Waals surface area contributed by atoms with Gasteiger partial charge in [-0.15, -0.1) is 5.92 Å². The number of hydrogen-bond donors (Lipinski definition) is 2. The van der Waals surface area contributed by atoms with E-state index in [1.54, 1.807) is 0 Å². The molecule has 1 fully saturated rings. The molecule has 0 unspecified atom stereocenters. The Kier molecular flexibility index (Phi) is 7.68. The molecule has 0 bridgehead atoms. The van der Waals surface area contributed by atoms with Gasteiger partial charge >= 0.3 is 0 Å². The quantitative estimate of drug-likeness (QED) is 0.745. The van der Waals surface area contributed by atoms with Crippen molar-refractivity contribution in [2.45, 2.75) is 38.8 Å². The maximum absolute atomic E-state index is 12.6. The molecule has 6 nitrogen and oxygen atoms in total. The van der Waals surface area contributed by atoms with Gasteiger partial charge in [0.25, 0.3) is 5.91 Å². The Morgan fingerprint density at radius 3 is 2.48 bits per heavy atom. The standard InChI is InChI=1S/C21H30N4O2/c1-5-7-8-13-25-15-17(14-19(25)21(27)22-6-2)23-20(26)16-9-11-18(12-10-16)24(3)4/h9-12,17,19H,5-6,13-15H2,1-4H3,(H,22,27)(H,23,26)/t17-,19-/m0/s1. The lowest BCUT2D eigenvalue weighted by atomic mass is 10.1. The molecule has 0 aliphatic carbocycles. The highest BCUT2D eigenvalue weighted by molar-refractivity contribution is 5.95. The first-order valence-corrected chi connectivity index (χ1v) is 9.52. The minimum Gasteiger partial charge on any atom is -0.378 e. The third kappa shape index (κ3) is 5.73. The van der Waals surface area contributed by atoms with Gasteiger partial charge in [-0.25, -0.2) is 0 Å². The minimum atomic E-state index is -0.252. The zero-order chi connectivity index (χ0) is 19.8. The summed E-state index contributed by atoms with van der Waals surface area (Å²) in [6.07, 6.45) is 1.39. The Balaban J connectivity index is 2.02. The van der Waals surface area contributed by atoms with Crippen LogP contribution in [-0.2, 0) is 4.79 Å². The fourth-order valence-electron chi connectivity index (χ4n) is 3.21. The normalized spacial score (nSPS) is 19.1.